The van der Waals surface area contributed by atoms with E-state index in [1.165, 1.54) is 5.56 Å². The number of rotatable bonds is 6. The highest BCUT2D eigenvalue weighted by Crippen LogP contribution is 2.21. The molecule has 1 aromatic heterocycles. The van der Waals surface area contributed by atoms with Crippen molar-refractivity contribution in [2.24, 2.45) is 12.0 Å². The summed E-state index contributed by atoms with van der Waals surface area (Å²) < 4.78 is 7.76. The smallest absolute Gasteiger partial charge is 0.194 e. The predicted molar refractivity (Wildman–Crippen MR) is 104 cm³/mol. The van der Waals surface area contributed by atoms with E-state index in [2.05, 4.69) is 52.6 Å². The zero-order chi connectivity index (χ0) is 18.2. The van der Waals surface area contributed by atoms with Gasteiger partial charge in [0.1, 0.15) is 6.10 Å². The minimum absolute atomic E-state index is 0.0469. The van der Waals surface area contributed by atoms with Gasteiger partial charge in [0.2, 0.25) is 0 Å². The molecule has 140 valence electrons. The summed E-state index contributed by atoms with van der Waals surface area (Å²) in [4.78, 5) is 7.14. The van der Waals surface area contributed by atoms with Crippen molar-refractivity contribution < 1.29 is 4.74 Å². The van der Waals surface area contributed by atoms with E-state index in [1.54, 1.807) is 0 Å². The number of benzene rings is 1. The van der Waals surface area contributed by atoms with Crippen LogP contribution in [0.4, 0.5) is 0 Å². The standard InChI is InChI=1S/C20H29N5O/c1-3-21-20(22-11-7-10-17-8-5-4-6-9-17)25-12-13-26-19(16-25)18-14-23-24(2)15-18/h4-6,8-9,14-15,19H,3,7,10-13,16H2,1-2H3,(H,21,22). The fraction of sp³-hybridized carbons (Fsp3) is 0.500. The summed E-state index contributed by atoms with van der Waals surface area (Å²) in [7, 11) is 1.93. The molecule has 1 unspecified atom stereocenters. The SMILES string of the molecule is CCNC(=NCCCc1ccccc1)N1CCOC(c2cnn(C)c2)C1. The Morgan fingerprint density at radius 1 is 1.35 bits per heavy atom. The van der Waals surface area contributed by atoms with Crippen LogP contribution < -0.4 is 5.32 Å². The number of aromatic nitrogens is 2. The molecule has 6 heteroatoms. The van der Waals surface area contributed by atoms with Crippen molar-refractivity contribution in [3.8, 4) is 0 Å². The monoisotopic (exact) mass is 355 g/mol. The van der Waals surface area contributed by atoms with Gasteiger partial charge in [0, 0.05) is 38.4 Å². The van der Waals surface area contributed by atoms with Crippen LogP contribution in [0.5, 0.6) is 0 Å². The van der Waals surface area contributed by atoms with Crippen molar-refractivity contribution in [3.05, 3.63) is 53.9 Å². The summed E-state index contributed by atoms with van der Waals surface area (Å²) in [5.74, 6) is 0.984. The first-order valence-electron chi connectivity index (χ1n) is 9.43. The van der Waals surface area contributed by atoms with Gasteiger partial charge in [-0.05, 0) is 25.3 Å². The van der Waals surface area contributed by atoms with E-state index in [0.29, 0.717) is 6.61 Å². The molecule has 1 fully saturated rings. The second-order valence-electron chi connectivity index (χ2n) is 6.58. The summed E-state index contributed by atoms with van der Waals surface area (Å²) in [6, 6.07) is 10.6. The van der Waals surface area contributed by atoms with Crippen molar-refractivity contribution in [1.29, 1.82) is 0 Å². The lowest BCUT2D eigenvalue weighted by Crippen LogP contribution is -2.48. The Morgan fingerprint density at radius 3 is 2.92 bits per heavy atom. The normalized spacial score (nSPS) is 18.2. The summed E-state index contributed by atoms with van der Waals surface area (Å²) >= 11 is 0. The van der Waals surface area contributed by atoms with Crippen LogP contribution in [0.15, 0.2) is 47.7 Å². The Morgan fingerprint density at radius 2 is 2.19 bits per heavy atom. The first-order valence-corrected chi connectivity index (χ1v) is 9.43. The second-order valence-corrected chi connectivity index (χ2v) is 6.58. The number of guanidine groups is 1. The van der Waals surface area contributed by atoms with Crippen LogP contribution in [-0.4, -0.2) is 53.4 Å². The lowest BCUT2D eigenvalue weighted by atomic mass is 10.1. The Hall–Kier alpha value is -2.34. The molecule has 0 amide bonds. The van der Waals surface area contributed by atoms with Crippen molar-refractivity contribution >= 4 is 5.96 Å². The molecular formula is C20H29N5O. The zero-order valence-corrected chi connectivity index (χ0v) is 15.8. The van der Waals surface area contributed by atoms with Crippen LogP contribution in [-0.2, 0) is 18.2 Å². The summed E-state index contributed by atoms with van der Waals surface area (Å²) in [5, 5.41) is 7.69. The van der Waals surface area contributed by atoms with Gasteiger partial charge in [-0.2, -0.15) is 5.10 Å². The van der Waals surface area contributed by atoms with Gasteiger partial charge in [0.25, 0.3) is 0 Å². The first kappa shape index (κ1) is 18.5. The van der Waals surface area contributed by atoms with Gasteiger partial charge < -0.3 is 15.0 Å². The van der Waals surface area contributed by atoms with E-state index in [0.717, 1.165) is 50.5 Å². The quantitative estimate of drug-likeness (QED) is 0.491. The summed E-state index contributed by atoms with van der Waals surface area (Å²) in [6.45, 7) is 6.17. The Kier molecular flexibility index (Phi) is 6.66. The fourth-order valence-electron chi connectivity index (χ4n) is 3.19. The molecule has 1 atom stereocenters. The van der Waals surface area contributed by atoms with Crippen LogP contribution in [0, 0.1) is 0 Å². The third-order valence-electron chi connectivity index (χ3n) is 4.53. The number of aliphatic imine (C=N–C) groups is 1. The van der Waals surface area contributed by atoms with E-state index in [4.69, 9.17) is 9.73 Å². The molecule has 0 radical (unpaired) electrons. The summed E-state index contributed by atoms with van der Waals surface area (Å²) in [5.41, 5.74) is 2.49. The number of ether oxygens (including phenoxy) is 1. The predicted octanol–water partition coefficient (Wildman–Crippen LogP) is 2.39. The number of nitrogens with one attached hydrogen (secondary N) is 1. The molecule has 0 bridgehead atoms. The van der Waals surface area contributed by atoms with E-state index >= 15 is 0 Å². The first-order chi connectivity index (χ1) is 12.8. The molecule has 2 aromatic rings. The molecule has 1 aliphatic rings. The Bertz CT molecular complexity index is 697. The maximum Gasteiger partial charge on any atom is 0.194 e. The van der Waals surface area contributed by atoms with Gasteiger partial charge >= 0.3 is 0 Å². The maximum atomic E-state index is 5.94. The van der Waals surface area contributed by atoms with E-state index in [9.17, 15) is 0 Å². The van der Waals surface area contributed by atoms with Gasteiger partial charge in [0.15, 0.2) is 5.96 Å². The third-order valence-corrected chi connectivity index (χ3v) is 4.53. The van der Waals surface area contributed by atoms with E-state index in [-0.39, 0.29) is 6.10 Å². The molecule has 2 heterocycles. The van der Waals surface area contributed by atoms with Crippen molar-refractivity contribution in [3.63, 3.8) is 0 Å². The van der Waals surface area contributed by atoms with Crippen LogP contribution >= 0.6 is 0 Å². The number of hydrogen-bond acceptors (Lipinski definition) is 3. The molecule has 1 saturated heterocycles. The van der Waals surface area contributed by atoms with Crippen molar-refractivity contribution in [1.82, 2.24) is 20.0 Å². The zero-order valence-electron chi connectivity index (χ0n) is 15.8. The number of aryl methyl sites for hydroxylation is 2. The Labute approximate surface area is 155 Å². The largest absolute Gasteiger partial charge is 0.370 e. The lowest BCUT2D eigenvalue weighted by molar-refractivity contribution is -0.00804. The maximum absolute atomic E-state index is 5.94. The number of nitrogens with zero attached hydrogens (tertiary/aromatic N) is 4. The molecule has 1 aromatic carbocycles. The molecule has 6 nitrogen and oxygen atoms in total. The average molecular weight is 355 g/mol. The van der Waals surface area contributed by atoms with E-state index in [1.807, 2.05) is 24.1 Å². The summed E-state index contributed by atoms with van der Waals surface area (Å²) in [6.07, 6.45) is 6.07. The van der Waals surface area contributed by atoms with Gasteiger partial charge in [-0.15, -0.1) is 0 Å². The number of morpholine rings is 1. The van der Waals surface area contributed by atoms with Crippen LogP contribution in [0.3, 0.4) is 0 Å². The minimum atomic E-state index is 0.0469. The van der Waals surface area contributed by atoms with Gasteiger partial charge in [0.05, 0.1) is 19.3 Å². The number of hydrogen-bond donors (Lipinski definition) is 1. The molecule has 0 saturated carbocycles. The van der Waals surface area contributed by atoms with Crippen LogP contribution in [0.2, 0.25) is 0 Å². The van der Waals surface area contributed by atoms with Crippen molar-refractivity contribution in [2.75, 3.05) is 32.8 Å². The van der Waals surface area contributed by atoms with Gasteiger partial charge in [-0.1, -0.05) is 30.3 Å². The van der Waals surface area contributed by atoms with Gasteiger partial charge in [-0.3, -0.25) is 9.67 Å². The highest BCUT2D eigenvalue weighted by molar-refractivity contribution is 5.80. The minimum Gasteiger partial charge on any atom is -0.370 e. The molecule has 1 N–H and O–H groups in total. The highest BCUT2D eigenvalue weighted by atomic mass is 16.5. The highest BCUT2D eigenvalue weighted by Gasteiger charge is 2.25. The topological polar surface area (TPSA) is 54.7 Å². The average Bonchev–Trinajstić information content (AvgIpc) is 3.12. The molecular weight excluding hydrogens is 326 g/mol. The fourth-order valence-corrected chi connectivity index (χ4v) is 3.19. The Balaban J connectivity index is 1.57. The molecule has 0 spiro atoms. The molecule has 0 aliphatic carbocycles. The molecule has 3 rings (SSSR count). The third kappa shape index (κ3) is 5.08. The van der Waals surface area contributed by atoms with Gasteiger partial charge in [-0.25, -0.2) is 0 Å². The van der Waals surface area contributed by atoms with Crippen molar-refractivity contribution in [2.45, 2.75) is 25.9 Å². The lowest BCUT2D eigenvalue weighted by Gasteiger charge is -2.34. The van der Waals surface area contributed by atoms with E-state index < -0.39 is 0 Å². The molecule has 1 aliphatic heterocycles. The van der Waals surface area contributed by atoms with Crippen LogP contribution in [0.25, 0.3) is 0 Å². The molecule has 26 heavy (non-hydrogen) atoms. The van der Waals surface area contributed by atoms with Crippen LogP contribution in [0.1, 0.15) is 30.6 Å². The second kappa shape index (κ2) is 9.38.